The lowest BCUT2D eigenvalue weighted by Crippen LogP contribution is -2.53. The topological polar surface area (TPSA) is 139 Å². The molecule has 0 bridgehead atoms. The van der Waals surface area contributed by atoms with E-state index in [1.165, 1.54) is 7.11 Å². The smallest absolute Gasteiger partial charge is 0.268 e. The number of H-pyrrole nitrogens is 1. The second kappa shape index (κ2) is 13.8. The molecule has 44 heavy (non-hydrogen) atoms. The summed E-state index contributed by atoms with van der Waals surface area (Å²) in [4.78, 5) is 55.1. The summed E-state index contributed by atoms with van der Waals surface area (Å²) in [7, 11) is 1.49. The highest BCUT2D eigenvalue weighted by Gasteiger charge is 2.34. The van der Waals surface area contributed by atoms with Crippen molar-refractivity contribution in [3.05, 3.63) is 59.3 Å². The first kappa shape index (κ1) is 32.3. The number of aromatic nitrogens is 1. The van der Waals surface area contributed by atoms with Gasteiger partial charge in [-0.3, -0.25) is 19.2 Å². The molecule has 1 fully saturated rings. The molecule has 10 nitrogen and oxygen atoms in total. The third-order valence-corrected chi connectivity index (χ3v) is 7.24. The van der Waals surface area contributed by atoms with Gasteiger partial charge in [-0.05, 0) is 43.4 Å². The third-order valence-electron chi connectivity index (χ3n) is 7.24. The Bertz CT molecular complexity index is 1550. The summed E-state index contributed by atoms with van der Waals surface area (Å²) in [5, 5.41) is 8.47. The van der Waals surface area contributed by atoms with E-state index in [1.807, 2.05) is 13.8 Å². The maximum atomic E-state index is 14.1. The van der Waals surface area contributed by atoms with Gasteiger partial charge in [-0.15, -0.1) is 0 Å². The Hall–Kier alpha value is -4.62. The number of methoxy groups -OCH3 is 1. The summed E-state index contributed by atoms with van der Waals surface area (Å²) in [5.41, 5.74) is 0.784. The molecule has 1 saturated heterocycles. The number of rotatable bonds is 13. The number of hydrogen-bond donors (Lipinski definition) is 4. The molecule has 1 aliphatic rings. The second-order valence-corrected chi connectivity index (χ2v) is 10.9. The number of aromatic amines is 1. The third kappa shape index (κ3) is 7.29. The van der Waals surface area contributed by atoms with Gasteiger partial charge in [-0.2, -0.15) is 8.78 Å². The molecule has 4 rings (SSSR count). The molecule has 0 saturated carbocycles. The van der Waals surface area contributed by atoms with Crippen LogP contribution in [0.2, 0.25) is 0 Å². The van der Waals surface area contributed by atoms with E-state index in [2.05, 4.69) is 20.9 Å². The number of Topliss-reactive ketones (excluding diaryl/α,β-unsaturated/α-hetero) is 1. The number of halogens is 4. The molecule has 2 aromatic carbocycles. The largest absolute Gasteiger partial charge is 0.496 e. The first-order valence-corrected chi connectivity index (χ1v) is 13.9. The minimum Gasteiger partial charge on any atom is -0.496 e. The van der Waals surface area contributed by atoms with Crippen LogP contribution in [0, 0.1) is 35.1 Å². The summed E-state index contributed by atoms with van der Waals surface area (Å²) >= 11 is 0. The average molecular weight is 621 g/mol. The monoisotopic (exact) mass is 620 g/mol. The number of hydrogen-bond acceptors (Lipinski definition) is 6. The molecule has 2 unspecified atom stereocenters. The van der Waals surface area contributed by atoms with Gasteiger partial charge in [-0.1, -0.05) is 19.9 Å². The van der Waals surface area contributed by atoms with E-state index in [0.717, 1.165) is 0 Å². The Labute approximate surface area is 249 Å². The molecular formula is C30H32F4N4O6. The molecule has 3 atom stereocenters. The number of nitrogens with one attached hydrogen (secondary N) is 4. The maximum absolute atomic E-state index is 14.1. The summed E-state index contributed by atoms with van der Waals surface area (Å²) in [5.74, 6) is -11.4. The van der Waals surface area contributed by atoms with E-state index >= 15 is 0 Å². The molecule has 3 aromatic rings. The van der Waals surface area contributed by atoms with E-state index in [1.54, 1.807) is 24.3 Å². The molecule has 0 aliphatic carbocycles. The zero-order valence-corrected chi connectivity index (χ0v) is 24.2. The number of ketones is 1. The summed E-state index contributed by atoms with van der Waals surface area (Å²) in [6, 6.07) is 4.27. The van der Waals surface area contributed by atoms with Crippen molar-refractivity contribution in [2.24, 2.45) is 11.8 Å². The lowest BCUT2D eigenvalue weighted by atomic mass is 9.95. The van der Waals surface area contributed by atoms with E-state index in [-0.39, 0.29) is 36.4 Å². The quantitative estimate of drug-likeness (QED) is 0.170. The zero-order chi connectivity index (χ0) is 32.1. The summed E-state index contributed by atoms with van der Waals surface area (Å²) in [6.45, 7) is 2.91. The van der Waals surface area contributed by atoms with Crippen LogP contribution in [0.3, 0.4) is 0 Å². The first-order valence-electron chi connectivity index (χ1n) is 13.9. The van der Waals surface area contributed by atoms with Gasteiger partial charge >= 0.3 is 0 Å². The molecule has 1 aromatic heterocycles. The van der Waals surface area contributed by atoms with Crippen molar-refractivity contribution in [3.63, 3.8) is 0 Å². The van der Waals surface area contributed by atoms with Crippen LogP contribution in [0.5, 0.6) is 11.5 Å². The molecule has 14 heteroatoms. The van der Waals surface area contributed by atoms with Gasteiger partial charge in [0.25, 0.3) is 5.91 Å². The number of amides is 3. The maximum Gasteiger partial charge on any atom is 0.268 e. The highest BCUT2D eigenvalue weighted by atomic mass is 19.2. The van der Waals surface area contributed by atoms with Crippen molar-refractivity contribution in [2.75, 3.05) is 20.3 Å². The Morgan fingerprint density at radius 3 is 2.34 bits per heavy atom. The predicted octanol–water partition coefficient (Wildman–Crippen LogP) is 3.54. The number of fused-ring (bicyclic) bond motifs is 1. The van der Waals surface area contributed by atoms with Crippen LogP contribution in [-0.2, 0) is 14.4 Å². The van der Waals surface area contributed by atoms with Crippen molar-refractivity contribution < 1.29 is 46.2 Å². The molecule has 0 spiro atoms. The lowest BCUT2D eigenvalue weighted by molar-refractivity contribution is -0.131. The van der Waals surface area contributed by atoms with Crippen LogP contribution < -0.4 is 25.4 Å². The van der Waals surface area contributed by atoms with Crippen LogP contribution in [0.4, 0.5) is 17.6 Å². The first-order chi connectivity index (χ1) is 20.9. The Balaban J connectivity index is 1.53. The fourth-order valence-electron chi connectivity index (χ4n) is 4.99. The second-order valence-electron chi connectivity index (χ2n) is 10.9. The van der Waals surface area contributed by atoms with Crippen molar-refractivity contribution in [2.45, 2.75) is 45.2 Å². The van der Waals surface area contributed by atoms with E-state index in [0.29, 0.717) is 29.6 Å². The van der Waals surface area contributed by atoms with Crippen LogP contribution in [0.25, 0.3) is 10.9 Å². The molecule has 4 N–H and O–H groups in total. The molecule has 2 heterocycles. The van der Waals surface area contributed by atoms with Crippen molar-refractivity contribution in [1.82, 2.24) is 20.9 Å². The normalized spacial score (nSPS) is 16.0. The highest BCUT2D eigenvalue weighted by Crippen LogP contribution is 2.28. The van der Waals surface area contributed by atoms with E-state index in [4.69, 9.17) is 9.47 Å². The molecule has 0 radical (unpaired) electrons. The molecule has 3 amide bonds. The average Bonchev–Trinajstić information content (AvgIpc) is 3.60. The van der Waals surface area contributed by atoms with Gasteiger partial charge in [0.2, 0.25) is 23.4 Å². The Morgan fingerprint density at radius 1 is 1.02 bits per heavy atom. The minimum absolute atomic E-state index is 0.00341. The molecule has 1 aliphatic heterocycles. The molecule has 236 valence electrons. The minimum atomic E-state index is -1.83. The number of benzene rings is 2. The predicted molar refractivity (Wildman–Crippen MR) is 150 cm³/mol. The fraction of sp³-hybridized carbons (Fsp3) is 0.400. The van der Waals surface area contributed by atoms with Gasteiger partial charge in [0.15, 0.2) is 23.2 Å². The van der Waals surface area contributed by atoms with Crippen molar-refractivity contribution >= 4 is 34.4 Å². The number of carbonyl (C=O) groups is 4. The summed E-state index contributed by atoms with van der Waals surface area (Å²) in [6.07, 6.45) is 0.335. The SMILES string of the molecule is COc1cccc2[nH]c(C(=O)NC(CC(C)C)C(=O)NC(C[C@@H]3CCNC3=O)C(=O)COc3c(F)c(F)cc(F)c3F)cc12. The highest BCUT2D eigenvalue weighted by molar-refractivity contribution is 6.02. The van der Waals surface area contributed by atoms with E-state index < -0.39 is 71.2 Å². The Morgan fingerprint density at radius 2 is 1.73 bits per heavy atom. The fourth-order valence-corrected chi connectivity index (χ4v) is 4.99. The van der Waals surface area contributed by atoms with Gasteiger partial charge < -0.3 is 30.4 Å². The van der Waals surface area contributed by atoms with E-state index in [9.17, 15) is 36.7 Å². The van der Waals surface area contributed by atoms with Crippen LogP contribution in [-0.4, -0.2) is 60.8 Å². The van der Waals surface area contributed by atoms with Crippen molar-refractivity contribution in [3.8, 4) is 11.5 Å². The number of ether oxygens (including phenoxy) is 2. The van der Waals surface area contributed by atoms with Crippen LogP contribution in [0.1, 0.15) is 43.6 Å². The standard InChI is InChI=1S/C30H32F4N4O6/c1-14(2)9-21(38-30(42)22-11-16-19(36-22)5-4-6-24(16)43-3)29(41)37-20(10-15-7-8-35-28(15)40)23(39)13-44-27-25(33)17(31)12-18(32)26(27)34/h4-6,11-12,14-15,20-21,36H,7-10,13H2,1-3H3,(H,35,40)(H,37,41)(H,38,42)/t15-,20?,21?/m0/s1. The van der Waals surface area contributed by atoms with Gasteiger partial charge in [0.1, 0.15) is 24.1 Å². The molecular weight excluding hydrogens is 588 g/mol. The van der Waals surface area contributed by atoms with Gasteiger partial charge in [-0.25, -0.2) is 8.78 Å². The van der Waals surface area contributed by atoms with Gasteiger partial charge in [0, 0.05) is 29.4 Å². The zero-order valence-electron chi connectivity index (χ0n) is 24.2. The van der Waals surface area contributed by atoms with Gasteiger partial charge in [0.05, 0.1) is 13.2 Å². The number of carbonyl (C=O) groups excluding carboxylic acids is 4. The lowest BCUT2D eigenvalue weighted by Gasteiger charge is -2.25. The Kier molecular flexibility index (Phi) is 10.1. The summed E-state index contributed by atoms with van der Waals surface area (Å²) < 4.78 is 65.6. The van der Waals surface area contributed by atoms with Crippen molar-refractivity contribution in [1.29, 1.82) is 0 Å². The van der Waals surface area contributed by atoms with Crippen LogP contribution in [0.15, 0.2) is 30.3 Å². The van der Waals surface area contributed by atoms with Crippen LogP contribution >= 0.6 is 0 Å².